The monoisotopic (exact) mass is 190 g/mol. The van der Waals surface area contributed by atoms with Gasteiger partial charge in [0.2, 0.25) is 0 Å². The lowest BCUT2D eigenvalue weighted by Crippen LogP contribution is -2.10. The van der Waals surface area contributed by atoms with Gasteiger partial charge in [0.1, 0.15) is 5.75 Å². The number of amidine groups is 1. The van der Waals surface area contributed by atoms with E-state index in [9.17, 15) is 0 Å². The first-order valence-electron chi connectivity index (χ1n) is 4.83. The highest BCUT2D eigenvalue weighted by Gasteiger charge is 2.11. The summed E-state index contributed by atoms with van der Waals surface area (Å²) in [6.45, 7) is 0.797. The Balaban J connectivity index is 2.09. The molecule has 2 rings (SSSR count). The van der Waals surface area contributed by atoms with E-state index in [1.54, 1.807) is 0 Å². The summed E-state index contributed by atoms with van der Waals surface area (Å²) < 4.78 is 5.41. The molecule has 0 saturated carbocycles. The van der Waals surface area contributed by atoms with Crippen LogP contribution in [0.15, 0.2) is 18.2 Å². The number of hydrogen-bond donors (Lipinski definition) is 2. The largest absolute Gasteiger partial charge is 0.493 e. The molecule has 0 aromatic heterocycles. The minimum absolute atomic E-state index is 0.252. The molecule has 0 radical (unpaired) electrons. The minimum atomic E-state index is 0.252. The molecule has 0 bridgehead atoms. The van der Waals surface area contributed by atoms with Gasteiger partial charge in [0, 0.05) is 12.8 Å². The van der Waals surface area contributed by atoms with Gasteiger partial charge >= 0.3 is 0 Å². The molecule has 0 saturated heterocycles. The maximum atomic E-state index is 7.15. The van der Waals surface area contributed by atoms with Crippen LogP contribution in [0.25, 0.3) is 0 Å². The van der Waals surface area contributed by atoms with E-state index in [-0.39, 0.29) is 5.84 Å². The second kappa shape index (κ2) is 3.70. The first-order valence-corrected chi connectivity index (χ1v) is 4.83. The number of nitrogens with two attached hydrogens (primary N) is 1. The molecule has 0 fully saturated rings. The van der Waals surface area contributed by atoms with Crippen LogP contribution in [0.5, 0.6) is 5.75 Å². The van der Waals surface area contributed by atoms with E-state index in [2.05, 4.69) is 6.07 Å². The number of ether oxygens (including phenoxy) is 1. The molecule has 14 heavy (non-hydrogen) atoms. The Hall–Kier alpha value is -1.51. The zero-order chi connectivity index (χ0) is 9.97. The molecule has 1 heterocycles. The second-order valence-electron chi connectivity index (χ2n) is 3.57. The van der Waals surface area contributed by atoms with E-state index in [1.165, 1.54) is 11.1 Å². The Kier molecular flexibility index (Phi) is 2.39. The van der Waals surface area contributed by atoms with Crippen molar-refractivity contribution >= 4 is 5.84 Å². The quantitative estimate of drug-likeness (QED) is 0.560. The molecule has 1 aromatic carbocycles. The normalized spacial score (nSPS) is 13.4. The topological polar surface area (TPSA) is 59.1 Å². The van der Waals surface area contributed by atoms with E-state index in [0.717, 1.165) is 25.2 Å². The van der Waals surface area contributed by atoms with Crippen LogP contribution in [-0.4, -0.2) is 12.4 Å². The Labute approximate surface area is 83.4 Å². The summed E-state index contributed by atoms with van der Waals surface area (Å²) in [5.41, 5.74) is 7.84. The predicted octanol–water partition coefficient (Wildman–Crippen LogP) is 1.49. The summed E-state index contributed by atoms with van der Waals surface area (Å²) in [4.78, 5) is 0. The lowest BCUT2D eigenvalue weighted by molar-refractivity contribution is 0.357. The average Bonchev–Trinajstić information content (AvgIpc) is 2.61. The molecule has 0 amide bonds. The van der Waals surface area contributed by atoms with Crippen molar-refractivity contribution in [2.75, 3.05) is 6.61 Å². The highest BCUT2D eigenvalue weighted by Crippen LogP contribution is 2.26. The van der Waals surface area contributed by atoms with Crippen molar-refractivity contribution in [3.8, 4) is 5.75 Å². The van der Waals surface area contributed by atoms with E-state index in [1.807, 2.05) is 12.1 Å². The van der Waals surface area contributed by atoms with Crippen LogP contribution >= 0.6 is 0 Å². The molecule has 3 N–H and O–H groups in total. The number of fused-ring (bicyclic) bond motifs is 1. The zero-order valence-electron chi connectivity index (χ0n) is 8.05. The maximum absolute atomic E-state index is 7.15. The number of rotatable bonds is 3. The van der Waals surface area contributed by atoms with Gasteiger partial charge in [-0.25, -0.2) is 0 Å². The molecule has 1 aliphatic rings. The Morgan fingerprint density at radius 1 is 1.50 bits per heavy atom. The molecule has 0 unspecified atom stereocenters. The van der Waals surface area contributed by atoms with Gasteiger partial charge in [-0.1, -0.05) is 12.1 Å². The smallest absolute Gasteiger partial charge is 0.122 e. The Bertz CT molecular complexity index is 360. The van der Waals surface area contributed by atoms with Crippen molar-refractivity contribution in [2.24, 2.45) is 5.73 Å². The van der Waals surface area contributed by atoms with Crippen molar-refractivity contribution in [3.05, 3.63) is 29.3 Å². The van der Waals surface area contributed by atoms with Crippen LogP contribution in [0.3, 0.4) is 0 Å². The molecule has 1 aliphatic heterocycles. The van der Waals surface area contributed by atoms with Gasteiger partial charge in [-0.15, -0.1) is 0 Å². The van der Waals surface area contributed by atoms with Crippen molar-refractivity contribution in [1.82, 2.24) is 0 Å². The lowest BCUT2D eigenvalue weighted by atomic mass is 10.0. The predicted molar refractivity (Wildman–Crippen MR) is 55.9 cm³/mol. The van der Waals surface area contributed by atoms with E-state index >= 15 is 0 Å². The third-order valence-electron chi connectivity index (χ3n) is 2.44. The summed E-state index contributed by atoms with van der Waals surface area (Å²) >= 11 is 0. The molecule has 1 aromatic rings. The van der Waals surface area contributed by atoms with Crippen LogP contribution in [0.4, 0.5) is 0 Å². The lowest BCUT2D eigenvalue weighted by Gasteiger charge is -2.03. The number of hydrogen-bond acceptors (Lipinski definition) is 2. The number of nitrogens with one attached hydrogen (secondary N) is 1. The SMILES string of the molecule is N=C(N)CCc1ccc2c(c1)CCO2. The van der Waals surface area contributed by atoms with Gasteiger partial charge in [0.25, 0.3) is 0 Å². The molecule has 74 valence electrons. The van der Waals surface area contributed by atoms with E-state index in [4.69, 9.17) is 15.9 Å². The molecule has 0 atom stereocenters. The summed E-state index contributed by atoms with van der Waals surface area (Å²) in [6.07, 6.45) is 2.49. The molecular weight excluding hydrogens is 176 g/mol. The summed E-state index contributed by atoms with van der Waals surface area (Å²) in [6, 6.07) is 6.22. The molecule has 3 heteroatoms. The van der Waals surface area contributed by atoms with Crippen LogP contribution in [0.1, 0.15) is 17.5 Å². The van der Waals surface area contributed by atoms with Crippen LogP contribution in [0.2, 0.25) is 0 Å². The zero-order valence-corrected chi connectivity index (χ0v) is 8.05. The first kappa shape index (κ1) is 9.06. The van der Waals surface area contributed by atoms with Crippen molar-refractivity contribution < 1.29 is 4.74 Å². The van der Waals surface area contributed by atoms with Gasteiger partial charge < -0.3 is 10.5 Å². The van der Waals surface area contributed by atoms with Crippen molar-refractivity contribution in [2.45, 2.75) is 19.3 Å². The molecule has 0 spiro atoms. The minimum Gasteiger partial charge on any atom is -0.493 e. The van der Waals surface area contributed by atoms with Crippen LogP contribution in [-0.2, 0) is 12.8 Å². The fourth-order valence-electron chi connectivity index (χ4n) is 1.67. The summed E-state index contributed by atoms with van der Waals surface area (Å²) in [7, 11) is 0. The standard InChI is InChI=1S/C11H14N2O/c12-11(13)4-2-8-1-3-10-9(7-8)5-6-14-10/h1,3,7H,2,4-6H2,(H3,12,13). The second-order valence-corrected chi connectivity index (χ2v) is 3.57. The number of aryl methyl sites for hydroxylation is 1. The molecule has 3 nitrogen and oxygen atoms in total. The van der Waals surface area contributed by atoms with Gasteiger partial charge in [0.05, 0.1) is 12.4 Å². The highest BCUT2D eigenvalue weighted by atomic mass is 16.5. The third-order valence-corrected chi connectivity index (χ3v) is 2.44. The Morgan fingerprint density at radius 3 is 3.14 bits per heavy atom. The van der Waals surface area contributed by atoms with Gasteiger partial charge in [-0.05, 0) is 23.6 Å². The van der Waals surface area contributed by atoms with Crippen LogP contribution in [0, 0.1) is 5.41 Å². The van der Waals surface area contributed by atoms with Crippen molar-refractivity contribution in [3.63, 3.8) is 0 Å². The highest BCUT2D eigenvalue weighted by molar-refractivity contribution is 5.77. The molecule has 0 aliphatic carbocycles. The van der Waals surface area contributed by atoms with Gasteiger partial charge in [0.15, 0.2) is 0 Å². The first-order chi connectivity index (χ1) is 6.75. The maximum Gasteiger partial charge on any atom is 0.122 e. The summed E-state index contributed by atoms with van der Waals surface area (Å²) in [5, 5.41) is 7.15. The van der Waals surface area contributed by atoms with Crippen LogP contribution < -0.4 is 10.5 Å². The average molecular weight is 190 g/mol. The fourth-order valence-corrected chi connectivity index (χ4v) is 1.67. The Morgan fingerprint density at radius 2 is 2.36 bits per heavy atom. The third kappa shape index (κ3) is 1.87. The van der Waals surface area contributed by atoms with E-state index in [0.29, 0.717) is 6.42 Å². The molecular formula is C11H14N2O. The van der Waals surface area contributed by atoms with Gasteiger partial charge in [-0.3, -0.25) is 5.41 Å². The number of benzene rings is 1. The van der Waals surface area contributed by atoms with Crippen molar-refractivity contribution in [1.29, 1.82) is 5.41 Å². The van der Waals surface area contributed by atoms with E-state index < -0.39 is 0 Å². The summed E-state index contributed by atoms with van der Waals surface area (Å²) in [5.74, 6) is 1.26. The fraction of sp³-hybridized carbons (Fsp3) is 0.364. The van der Waals surface area contributed by atoms with Gasteiger partial charge in [-0.2, -0.15) is 0 Å².